The van der Waals surface area contributed by atoms with Crippen molar-refractivity contribution in [1.29, 1.82) is 0 Å². The molecule has 0 N–H and O–H groups in total. The number of carbonyl (C=O) groups excluding carboxylic acids is 2. The number of benzene rings is 2. The number of amides is 1. The predicted molar refractivity (Wildman–Crippen MR) is 92.4 cm³/mol. The lowest BCUT2D eigenvalue weighted by Gasteiger charge is -2.17. The molecule has 0 spiro atoms. The van der Waals surface area contributed by atoms with Gasteiger partial charge in [0.15, 0.2) is 5.71 Å². The van der Waals surface area contributed by atoms with Crippen molar-refractivity contribution in [2.75, 3.05) is 10.8 Å². The highest BCUT2D eigenvalue weighted by Crippen LogP contribution is 2.33. The van der Waals surface area contributed by atoms with E-state index in [1.54, 1.807) is 24.3 Å². The van der Waals surface area contributed by atoms with E-state index in [4.69, 9.17) is 11.6 Å². The number of alkyl halides is 4. The zero-order chi connectivity index (χ0) is 19.6. The summed E-state index contributed by atoms with van der Waals surface area (Å²) in [4.78, 5) is 29.8. The minimum atomic E-state index is -4.48. The lowest BCUT2D eigenvalue weighted by molar-refractivity contribution is -0.140. The van der Waals surface area contributed by atoms with Crippen LogP contribution in [0.3, 0.4) is 0 Å². The summed E-state index contributed by atoms with van der Waals surface area (Å²) >= 11 is 5.33. The highest BCUT2D eigenvalue weighted by atomic mass is 35.5. The summed E-state index contributed by atoms with van der Waals surface area (Å²) in [7, 11) is 0. The van der Waals surface area contributed by atoms with Crippen LogP contribution in [0.2, 0.25) is 0 Å². The van der Waals surface area contributed by atoms with Gasteiger partial charge in [-0.2, -0.15) is 13.2 Å². The van der Waals surface area contributed by atoms with E-state index < -0.39 is 29.5 Å². The third kappa shape index (κ3) is 3.95. The first-order valence-electron chi connectivity index (χ1n) is 7.72. The molecular formula is C18H12ClF3N2O3. The van der Waals surface area contributed by atoms with Gasteiger partial charge in [-0.25, -0.2) is 4.79 Å². The van der Waals surface area contributed by atoms with E-state index in [0.717, 1.165) is 12.1 Å². The monoisotopic (exact) mass is 396 g/mol. The fraction of sp³-hybridized carbons (Fsp3) is 0.167. The van der Waals surface area contributed by atoms with Crippen molar-refractivity contribution in [3.63, 3.8) is 0 Å². The molecule has 0 saturated heterocycles. The Morgan fingerprint density at radius 3 is 2.59 bits per heavy atom. The van der Waals surface area contributed by atoms with Crippen LogP contribution < -0.4 is 4.90 Å². The van der Waals surface area contributed by atoms with Gasteiger partial charge in [0.05, 0.1) is 17.8 Å². The SMILES string of the molecule is O=C(CCl)O/N=C1/C(=O)N(Cc2cccc(C(F)(F)F)c2)c2ccccc21. The maximum atomic E-state index is 12.9. The number of carbonyl (C=O) groups is 2. The Bertz CT molecular complexity index is 928. The lowest BCUT2D eigenvalue weighted by atomic mass is 10.1. The zero-order valence-corrected chi connectivity index (χ0v) is 14.4. The van der Waals surface area contributed by atoms with Gasteiger partial charge in [0.1, 0.15) is 5.88 Å². The number of nitrogens with zero attached hydrogens (tertiary/aromatic N) is 2. The molecular weight excluding hydrogens is 385 g/mol. The molecule has 5 nitrogen and oxygen atoms in total. The average Bonchev–Trinajstić information content (AvgIpc) is 2.91. The topological polar surface area (TPSA) is 59.0 Å². The highest BCUT2D eigenvalue weighted by molar-refractivity contribution is 6.54. The van der Waals surface area contributed by atoms with E-state index in [0.29, 0.717) is 16.8 Å². The molecule has 0 fully saturated rings. The third-order valence-corrected chi connectivity index (χ3v) is 4.06. The summed E-state index contributed by atoms with van der Waals surface area (Å²) in [5.74, 6) is -1.85. The molecule has 2 aromatic carbocycles. The van der Waals surface area contributed by atoms with Gasteiger partial charge in [0, 0.05) is 5.56 Å². The van der Waals surface area contributed by atoms with E-state index >= 15 is 0 Å². The number of oxime groups is 1. The predicted octanol–water partition coefficient (Wildman–Crippen LogP) is 3.74. The first-order chi connectivity index (χ1) is 12.8. The smallest absolute Gasteiger partial charge is 0.316 e. The van der Waals surface area contributed by atoms with Gasteiger partial charge in [0.2, 0.25) is 0 Å². The molecule has 2 aromatic rings. The number of fused-ring (bicyclic) bond motifs is 1. The van der Waals surface area contributed by atoms with Crippen LogP contribution in [0.1, 0.15) is 16.7 Å². The fourth-order valence-corrected chi connectivity index (χ4v) is 2.71. The molecule has 0 aliphatic carbocycles. The standard InChI is InChI=1S/C18H12ClF3N2O3/c19-9-15(25)27-23-16-13-6-1-2-7-14(13)24(17(16)26)10-11-4-3-5-12(8-11)18(20,21)22/h1-8H,9-10H2/b23-16+. The molecule has 9 heteroatoms. The Labute approximate surface area is 157 Å². The Balaban J connectivity index is 1.93. The second-order valence-corrected chi connectivity index (χ2v) is 5.91. The maximum absolute atomic E-state index is 12.9. The second-order valence-electron chi connectivity index (χ2n) is 5.64. The quantitative estimate of drug-likeness (QED) is 0.449. The van der Waals surface area contributed by atoms with Crippen LogP contribution in [0.5, 0.6) is 0 Å². The minimum Gasteiger partial charge on any atom is -0.316 e. The molecule has 0 radical (unpaired) electrons. The Hall–Kier alpha value is -2.87. The Morgan fingerprint density at radius 1 is 1.15 bits per heavy atom. The number of hydrogen-bond donors (Lipinski definition) is 0. The largest absolute Gasteiger partial charge is 0.416 e. The molecule has 27 heavy (non-hydrogen) atoms. The Morgan fingerprint density at radius 2 is 1.89 bits per heavy atom. The summed E-state index contributed by atoms with van der Waals surface area (Å²) in [6, 6.07) is 11.3. The molecule has 0 atom stereocenters. The molecule has 1 aliphatic heterocycles. The van der Waals surface area contributed by atoms with Crippen LogP contribution in [-0.4, -0.2) is 23.5 Å². The van der Waals surface area contributed by atoms with Crippen LogP contribution in [0.15, 0.2) is 53.7 Å². The summed E-state index contributed by atoms with van der Waals surface area (Å²) in [6.45, 7) is -0.0950. The van der Waals surface area contributed by atoms with Crippen LogP contribution in [-0.2, 0) is 27.1 Å². The molecule has 140 valence electrons. The summed E-state index contributed by atoms with van der Waals surface area (Å²) in [5, 5.41) is 3.58. The summed E-state index contributed by atoms with van der Waals surface area (Å²) in [6.07, 6.45) is -4.48. The number of halogens is 4. The van der Waals surface area contributed by atoms with Gasteiger partial charge in [-0.3, -0.25) is 4.79 Å². The molecule has 0 saturated carbocycles. The second kappa shape index (κ2) is 7.40. The number of rotatable bonds is 4. The Kier molecular flexibility index (Phi) is 5.18. The van der Waals surface area contributed by atoms with Gasteiger partial charge in [-0.1, -0.05) is 35.5 Å². The maximum Gasteiger partial charge on any atom is 0.416 e. The average molecular weight is 397 g/mol. The van der Waals surface area contributed by atoms with Gasteiger partial charge in [-0.05, 0) is 23.8 Å². The molecule has 0 bridgehead atoms. The van der Waals surface area contributed by atoms with E-state index in [9.17, 15) is 22.8 Å². The molecule has 1 aliphatic rings. The zero-order valence-electron chi connectivity index (χ0n) is 13.7. The molecule has 0 aromatic heterocycles. The lowest BCUT2D eigenvalue weighted by Crippen LogP contribution is -2.30. The van der Waals surface area contributed by atoms with E-state index in [1.165, 1.54) is 17.0 Å². The fourth-order valence-electron chi connectivity index (χ4n) is 2.66. The van der Waals surface area contributed by atoms with Crippen molar-refractivity contribution in [2.24, 2.45) is 5.16 Å². The van der Waals surface area contributed by atoms with Crippen molar-refractivity contribution in [2.45, 2.75) is 12.7 Å². The van der Waals surface area contributed by atoms with Crippen LogP contribution in [0, 0.1) is 0 Å². The number of anilines is 1. The molecule has 1 heterocycles. The van der Waals surface area contributed by atoms with Crippen molar-refractivity contribution >= 4 is 34.9 Å². The molecule has 0 unspecified atom stereocenters. The van der Waals surface area contributed by atoms with E-state index in [-0.39, 0.29) is 12.3 Å². The highest BCUT2D eigenvalue weighted by Gasteiger charge is 2.35. The van der Waals surface area contributed by atoms with Crippen molar-refractivity contribution in [3.8, 4) is 0 Å². The summed E-state index contributed by atoms with van der Waals surface area (Å²) < 4.78 is 38.7. The third-order valence-electron chi connectivity index (χ3n) is 3.84. The van der Waals surface area contributed by atoms with Crippen molar-refractivity contribution < 1.29 is 27.6 Å². The molecule has 1 amide bonds. The molecule has 3 rings (SSSR count). The van der Waals surface area contributed by atoms with E-state index in [1.807, 2.05) is 0 Å². The van der Waals surface area contributed by atoms with Gasteiger partial charge in [-0.15, -0.1) is 11.6 Å². The van der Waals surface area contributed by atoms with Gasteiger partial charge >= 0.3 is 12.1 Å². The first-order valence-corrected chi connectivity index (χ1v) is 8.26. The number of para-hydroxylation sites is 1. The van der Waals surface area contributed by atoms with Crippen LogP contribution in [0.4, 0.5) is 18.9 Å². The minimum absolute atomic E-state index is 0.0950. The summed E-state index contributed by atoms with van der Waals surface area (Å²) in [5.41, 5.74) is 0.255. The first kappa shape index (κ1) is 18.9. The van der Waals surface area contributed by atoms with Crippen molar-refractivity contribution in [3.05, 3.63) is 65.2 Å². The van der Waals surface area contributed by atoms with Crippen molar-refractivity contribution in [1.82, 2.24) is 0 Å². The van der Waals surface area contributed by atoms with Gasteiger partial charge in [0.25, 0.3) is 5.91 Å². The number of hydrogen-bond acceptors (Lipinski definition) is 4. The van der Waals surface area contributed by atoms with Crippen LogP contribution >= 0.6 is 11.6 Å². The normalized spacial score (nSPS) is 15.2. The van der Waals surface area contributed by atoms with Gasteiger partial charge < -0.3 is 9.74 Å². The van der Waals surface area contributed by atoms with E-state index in [2.05, 4.69) is 9.99 Å². The van der Waals surface area contributed by atoms with Crippen LogP contribution in [0.25, 0.3) is 0 Å².